The Morgan fingerprint density at radius 1 is 1.17 bits per heavy atom. The van der Waals surface area contributed by atoms with Crippen molar-refractivity contribution in [3.05, 3.63) is 18.3 Å². The summed E-state index contributed by atoms with van der Waals surface area (Å²) in [5, 5.41) is 0. The Hall–Kier alpha value is -1.75. The summed E-state index contributed by atoms with van der Waals surface area (Å²) in [6.45, 7) is 6.03. The van der Waals surface area contributed by atoms with E-state index in [-0.39, 0.29) is 23.2 Å². The molecular formula is C19H28N4O5S. The summed E-state index contributed by atoms with van der Waals surface area (Å²) >= 11 is 0. The number of carbonyl (C=O) groups is 1. The third-order valence-corrected chi connectivity index (χ3v) is 8.12. The second-order valence-electron chi connectivity index (χ2n) is 7.88. The number of methoxy groups -OCH3 is 1. The van der Waals surface area contributed by atoms with Crippen LogP contribution in [0.5, 0.6) is 5.88 Å². The summed E-state index contributed by atoms with van der Waals surface area (Å²) in [5.41, 5.74) is -0.604. The van der Waals surface area contributed by atoms with E-state index in [0.29, 0.717) is 32.5 Å². The summed E-state index contributed by atoms with van der Waals surface area (Å²) in [5.74, 6) is 0.167. The molecular weight excluding hydrogens is 396 g/mol. The molecule has 1 aromatic rings. The number of hydrogen-bond donors (Lipinski definition) is 0. The number of morpholine rings is 1. The second kappa shape index (κ2) is 8.17. The quantitative estimate of drug-likeness (QED) is 0.636. The molecule has 3 aliphatic heterocycles. The van der Waals surface area contributed by atoms with Crippen LogP contribution in [0.15, 0.2) is 23.2 Å². The maximum Gasteiger partial charge on any atom is 0.248 e. The number of pyridine rings is 1. The van der Waals surface area contributed by atoms with Gasteiger partial charge in [0.25, 0.3) is 0 Å². The van der Waals surface area contributed by atoms with Crippen LogP contribution in [-0.2, 0) is 19.6 Å². The number of carbonyl (C=O) groups excluding carboxylic acids is 1. The van der Waals surface area contributed by atoms with E-state index in [9.17, 15) is 13.2 Å². The van der Waals surface area contributed by atoms with Crippen LogP contribution in [0.2, 0.25) is 0 Å². The molecule has 0 bridgehead atoms. The van der Waals surface area contributed by atoms with Crippen LogP contribution in [0.25, 0.3) is 0 Å². The van der Waals surface area contributed by atoms with Gasteiger partial charge in [0.05, 0.1) is 25.7 Å². The molecule has 0 N–H and O–H groups in total. The minimum Gasteiger partial charge on any atom is -0.480 e. The highest BCUT2D eigenvalue weighted by atomic mass is 32.2. The van der Waals surface area contributed by atoms with Crippen molar-refractivity contribution < 1.29 is 22.7 Å². The largest absolute Gasteiger partial charge is 0.480 e. The van der Waals surface area contributed by atoms with Gasteiger partial charge in [0.2, 0.25) is 21.8 Å². The molecule has 10 heteroatoms. The van der Waals surface area contributed by atoms with Crippen molar-refractivity contribution in [3.63, 3.8) is 0 Å². The fourth-order valence-corrected chi connectivity index (χ4v) is 6.11. The maximum atomic E-state index is 13.2. The molecule has 4 rings (SSSR count). The fraction of sp³-hybridized carbons (Fsp3) is 0.684. The molecule has 0 radical (unpaired) electrons. The van der Waals surface area contributed by atoms with Crippen molar-refractivity contribution in [2.45, 2.75) is 17.7 Å². The van der Waals surface area contributed by atoms with Gasteiger partial charge in [-0.1, -0.05) is 0 Å². The maximum absolute atomic E-state index is 13.2. The molecule has 3 fully saturated rings. The zero-order valence-corrected chi connectivity index (χ0v) is 17.6. The summed E-state index contributed by atoms with van der Waals surface area (Å²) in [4.78, 5) is 21.4. The number of aromatic nitrogens is 1. The lowest BCUT2D eigenvalue weighted by Crippen LogP contribution is -2.43. The number of hydrogen-bond acceptors (Lipinski definition) is 7. The Balaban J connectivity index is 1.42. The third-order valence-electron chi connectivity index (χ3n) is 6.26. The molecule has 0 aromatic carbocycles. The fourth-order valence-electron chi connectivity index (χ4n) is 4.48. The van der Waals surface area contributed by atoms with Crippen molar-refractivity contribution in [2.24, 2.45) is 5.41 Å². The molecule has 1 spiro atoms. The van der Waals surface area contributed by atoms with Gasteiger partial charge in [-0.2, -0.15) is 4.31 Å². The SMILES string of the molecule is COc1ncccc1S(=O)(=O)N1CCC2(CCN(CCN3CCOCC3)C2=O)C1. The first kappa shape index (κ1) is 20.5. The van der Waals surface area contributed by atoms with Crippen LogP contribution in [-0.4, -0.2) is 99.6 Å². The summed E-state index contributed by atoms with van der Waals surface area (Å²) in [6.07, 6.45) is 2.75. The molecule has 1 aromatic heterocycles. The molecule has 160 valence electrons. The van der Waals surface area contributed by atoms with E-state index in [1.54, 1.807) is 6.07 Å². The molecule has 1 unspecified atom stereocenters. The second-order valence-corrected chi connectivity index (χ2v) is 9.78. The van der Waals surface area contributed by atoms with Crippen LogP contribution < -0.4 is 4.74 Å². The van der Waals surface area contributed by atoms with Gasteiger partial charge in [-0.3, -0.25) is 9.69 Å². The van der Waals surface area contributed by atoms with Crippen LogP contribution in [0.3, 0.4) is 0 Å². The molecule has 1 amide bonds. The van der Waals surface area contributed by atoms with Crippen LogP contribution in [0.4, 0.5) is 0 Å². The monoisotopic (exact) mass is 424 g/mol. The number of likely N-dealkylation sites (tertiary alicyclic amines) is 1. The average Bonchev–Trinajstić information content (AvgIpc) is 3.33. The predicted octanol–water partition coefficient (Wildman–Crippen LogP) is 0.0355. The van der Waals surface area contributed by atoms with Gasteiger partial charge < -0.3 is 14.4 Å². The molecule has 4 heterocycles. The van der Waals surface area contributed by atoms with Crippen molar-refractivity contribution in [2.75, 3.05) is 66.1 Å². The van der Waals surface area contributed by atoms with E-state index >= 15 is 0 Å². The molecule has 29 heavy (non-hydrogen) atoms. The van der Waals surface area contributed by atoms with Gasteiger partial charge in [0.1, 0.15) is 4.90 Å². The number of amides is 1. The highest BCUT2D eigenvalue weighted by molar-refractivity contribution is 7.89. The zero-order valence-electron chi connectivity index (χ0n) is 16.7. The first-order valence-corrected chi connectivity index (χ1v) is 11.5. The Labute approximate surface area is 171 Å². The Morgan fingerprint density at radius 3 is 2.69 bits per heavy atom. The molecule has 3 aliphatic rings. The predicted molar refractivity (Wildman–Crippen MR) is 105 cm³/mol. The van der Waals surface area contributed by atoms with Crippen molar-refractivity contribution in [3.8, 4) is 5.88 Å². The van der Waals surface area contributed by atoms with Gasteiger partial charge in [-0.25, -0.2) is 13.4 Å². The zero-order chi connectivity index (χ0) is 20.5. The number of rotatable bonds is 6. The van der Waals surface area contributed by atoms with Crippen molar-refractivity contribution in [1.82, 2.24) is 19.1 Å². The summed E-state index contributed by atoms with van der Waals surface area (Å²) < 4.78 is 38.2. The number of sulfonamides is 1. The van der Waals surface area contributed by atoms with E-state index in [1.165, 1.54) is 23.7 Å². The third kappa shape index (κ3) is 3.86. The van der Waals surface area contributed by atoms with E-state index in [0.717, 1.165) is 32.8 Å². The van der Waals surface area contributed by atoms with E-state index in [1.807, 2.05) is 4.90 Å². The van der Waals surface area contributed by atoms with E-state index in [4.69, 9.17) is 9.47 Å². The molecule has 1 atom stereocenters. The normalized spacial score (nSPS) is 26.5. The highest BCUT2D eigenvalue weighted by Gasteiger charge is 2.53. The lowest BCUT2D eigenvalue weighted by Gasteiger charge is -2.29. The Bertz CT molecular complexity index is 858. The van der Waals surface area contributed by atoms with Gasteiger partial charge in [0, 0.05) is 52.0 Å². The van der Waals surface area contributed by atoms with Crippen molar-refractivity contribution >= 4 is 15.9 Å². The topological polar surface area (TPSA) is 92.3 Å². The lowest BCUT2D eigenvalue weighted by atomic mass is 9.86. The van der Waals surface area contributed by atoms with Crippen LogP contribution in [0.1, 0.15) is 12.8 Å². The summed E-state index contributed by atoms with van der Waals surface area (Å²) in [7, 11) is -2.36. The Kier molecular flexibility index (Phi) is 5.78. The number of nitrogens with zero attached hydrogens (tertiary/aromatic N) is 4. The van der Waals surface area contributed by atoms with E-state index in [2.05, 4.69) is 9.88 Å². The molecule has 0 saturated carbocycles. The minimum absolute atomic E-state index is 0.0502. The smallest absolute Gasteiger partial charge is 0.248 e. The van der Waals surface area contributed by atoms with Crippen molar-refractivity contribution in [1.29, 1.82) is 0 Å². The first-order chi connectivity index (χ1) is 14.0. The molecule has 0 aliphatic carbocycles. The van der Waals surface area contributed by atoms with Gasteiger partial charge in [0.15, 0.2) is 0 Å². The van der Waals surface area contributed by atoms with Crippen LogP contribution >= 0.6 is 0 Å². The molecule has 9 nitrogen and oxygen atoms in total. The standard InChI is InChI=1S/C19H28N4O5S/c1-27-17-16(3-2-6-20-17)29(25,26)23-8-5-19(15-23)4-7-22(18(19)24)10-9-21-11-13-28-14-12-21/h2-3,6H,4-5,7-15H2,1H3. The lowest BCUT2D eigenvalue weighted by molar-refractivity contribution is -0.135. The summed E-state index contributed by atoms with van der Waals surface area (Å²) in [6, 6.07) is 3.08. The number of ether oxygens (including phenoxy) is 2. The van der Waals surface area contributed by atoms with Crippen LogP contribution in [0, 0.1) is 5.41 Å². The average molecular weight is 425 g/mol. The van der Waals surface area contributed by atoms with Gasteiger partial charge in [-0.05, 0) is 25.0 Å². The minimum atomic E-state index is -3.76. The van der Waals surface area contributed by atoms with Gasteiger partial charge in [-0.15, -0.1) is 0 Å². The highest BCUT2D eigenvalue weighted by Crippen LogP contribution is 2.42. The van der Waals surface area contributed by atoms with Gasteiger partial charge >= 0.3 is 0 Å². The Morgan fingerprint density at radius 2 is 1.93 bits per heavy atom. The molecule has 3 saturated heterocycles. The van der Waals surface area contributed by atoms with E-state index < -0.39 is 15.4 Å². The first-order valence-electron chi connectivity index (χ1n) is 10.0.